The molecule has 1 rings (SSSR count). The molecule has 0 spiro atoms. The number of hydrogen-bond acceptors (Lipinski definition) is 5. The lowest BCUT2D eigenvalue weighted by Gasteiger charge is -2.21. The molecule has 1 aromatic carbocycles. The van der Waals surface area contributed by atoms with Crippen LogP contribution in [0, 0.1) is 5.92 Å². The monoisotopic (exact) mass is 302 g/mol. The zero-order valence-electron chi connectivity index (χ0n) is 12.2. The van der Waals surface area contributed by atoms with Gasteiger partial charge in [0.1, 0.15) is 5.75 Å². The van der Waals surface area contributed by atoms with Gasteiger partial charge in [-0.15, -0.1) is 0 Å². The van der Waals surface area contributed by atoms with Gasteiger partial charge in [-0.05, 0) is 18.1 Å². The van der Waals surface area contributed by atoms with E-state index < -0.39 is 10.0 Å². The van der Waals surface area contributed by atoms with Crippen LogP contribution in [0.25, 0.3) is 0 Å². The van der Waals surface area contributed by atoms with Crippen molar-refractivity contribution < 1.29 is 17.9 Å². The van der Waals surface area contributed by atoms with E-state index in [0.29, 0.717) is 18.0 Å². The lowest BCUT2D eigenvalue weighted by atomic mass is 10.1. The lowest BCUT2D eigenvalue weighted by Crippen LogP contribution is -2.41. The van der Waals surface area contributed by atoms with Crippen LogP contribution in [0.3, 0.4) is 0 Å². The van der Waals surface area contributed by atoms with Crippen molar-refractivity contribution in [3.63, 3.8) is 0 Å². The molecule has 20 heavy (non-hydrogen) atoms. The van der Waals surface area contributed by atoms with E-state index in [9.17, 15) is 8.42 Å². The van der Waals surface area contributed by atoms with Gasteiger partial charge in [0.15, 0.2) is 0 Å². The van der Waals surface area contributed by atoms with Crippen LogP contribution in [0.4, 0.5) is 5.69 Å². The zero-order valence-corrected chi connectivity index (χ0v) is 13.0. The lowest BCUT2D eigenvalue weighted by molar-refractivity contribution is 0.157. The van der Waals surface area contributed by atoms with E-state index in [-0.39, 0.29) is 16.9 Å². The highest BCUT2D eigenvalue weighted by atomic mass is 32.2. The van der Waals surface area contributed by atoms with E-state index in [1.54, 1.807) is 0 Å². The summed E-state index contributed by atoms with van der Waals surface area (Å²) in [4.78, 5) is 0.116. The van der Waals surface area contributed by atoms with Crippen molar-refractivity contribution in [3.05, 3.63) is 18.2 Å². The van der Waals surface area contributed by atoms with Gasteiger partial charge in [-0.2, -0.15) is 0 Å². The van der Waals surface area contributed by atoms with Crippen molar-refractivity contribution >= 4 is 15.7 Å². The van der Waals surface area contributed by atoms with E-state index in [0.717, 1.165) is 0 Å². The minimum atomic E-state index is -3.64. The normalized spacial score (nSPS) is 13.4. The number of anilines is 1. The summed E-state index contributed by atoms with van der Waals surface area (Å²) in [6.45, 7) is 4.16. The molecule has 3 N–H and O–H groups in total. The number of nitrogen functional groups attached to an aromatic ring is 1. The third-order valence-electron chi connectivity index (χ3n) is 2.97. The van der Waals surface area contributed by atoms with Crippen LogP contribution < -0.4 is 15.2 Å². The molecule has 1 aromatic rings. The molecule has 1 atom stereocenters. The highest BCUT2D eigenvalue weighted by Crippen LogP contribution is 2.25. The Hall–Kier alpha value is -1.31. The van der Waals surface area contributed by atoms with Gasteiger partial charge in [-0.1, -0.05) is 13.8 Å². The highest BCUT2D eigenvalue weighted by molar-refractivity contribution is 7.89. The molecule has 0 bridgehead atoms. The third kappa shape index (κ3) is 4.09. The first-order valence-corrected chi connectivity index (χ1v) is 7.75. The molecule has 0 aliphatic heterocycles. The Labute approximate surface area is 120 Å². The Morgan fingerprint density at radius 3 is 2.45 bits per heavy atom. The van der Waals surface area contributed by atoms with E-state index in [2.05, 4.69) is 4.72 Å². The number of hydrogen-bond donors (Lipinski definition) is 2. The Kier molecular flexibility index (Phi) is 5.79. The molecule has 0 aromatic heterocycles. The number of ether oxygens (including phenoxy) is 2. The van der Waals surface area contributed by atoms with Crippen LogP contribution in [0.1, 0.15) is 13.8 Å². The summed E-state index contributed by atoms with van der Waals surface area (Å²) in [5.41, 5.74) is 6.07. The highest BCUT2D eigenvalue weighted by Gasteiger charge is 2.23. The fraction of sp³-hybridized carbons (Fsp3) is 0.538. The molecule has 0 aliphatic carbocycles. The molecule has 0 fully saturated rings. The van der Waals surface area contributed by atoms with E-state index in [1.165, 1.54) is 32.4 Å². The fourth-order valence-electron chi connectivity index (χ4n) is 1.67. The maximum Gasteiger partial charge on any atom is 0.241 e. The molecule has 0 saturated heterocycles. The quantitative estimate of drug-likeness (QED) is 0.739. The average Bonchev–Trinajstić information content (AvgIpc) is 2.38. The number of nitrogens with one attached hydrogen (secondary N) is 1. The van der Waals surface area contributed by atoms with Crippen molar-refractivity contribution in [2.24, 2.45) is 5.92 Å². The summed E-state index contributed by atoms with van der Waals surface area (Å²) in [6, 6.07) is 4.06. The first kappa shape index (κ1) is 16.7. The van der Waals surface area contributed by atoms with Crippen molar-refractivity contribution in [3.8, 4) is 5.75 Å². The van der Waals surface area contributed by atoms with E-state index in [1.807, 2.05) is 13.8 Å². The Balaban J connectivity index is 3.04. The second-order valence-electron chi connectivity index (χ2n) is 4.83. The fourth-order valence-corrected chi connectivity index (χ4v) is 3.05. The molecule has 1 unspecified atom stereocenters. The van der Waals surface area contributed by atoms with Gasteiger partial charge in [-0.3, -0.25) is 0 Å². The van der Waals surface area contributed by atoms with Gasteiger partial charge in [0.2, 0.25) is 10.0 Å². The Morgan fingerprint density at radius 1 is 1.30 bits per heavy atom. The molecule has 114 valence electrons. The number of benzene rings is 1. The van der Waals surface area contributed by atoms with Gasteiger partial charge in [0, 0.05) is 19.2 Å². The number of methoxy groups -OCH3 is 2. The van der Waals surface area contributed by atoms with Crippen LogP contribution in [-0.2, 0) is 14.8 Å². The number of nitrogens with two attached hydrogens (primary N) is 1. The van der Waals surface area contributed by atoms with Gasteiger partial charge in [-0.25, -0.2) is 13.1 Å². The first-order valence-electron chi connectivity index (χ1n) is 6.26. The smallest absolute Gasteiger partial charge is 0.241 e. The van der Waals surface area contributed by atoms with Crippen molar-refractivity contribution in [2.75, 3.05) is 26.6 Å². The molecule has 0 heterocycles. The largest absolute Gasteiger partial charge is 0.495 e. The van der Waals surface area contributed by atoms with Crippen molar-refractivity contribution in [1.29, 1.82) is 0 Å². The molecule has 7 heteroatoms. The van der Waals surface area contributed by atoms with E-state index >= 15 is 0 Å². The van der Waals surface area contributed by atoms with Gasteiger partial charge < -0.3 is 15.2 Å². The summed E-state index contributed by atoms with van der Waals surface area (Å²) < 4.78 is 37.4. The van der Waals surface area contributed by atoms with Gasteiger partial charge in [0.25, 0.3) is 0 Å². The second-order valence-corrected chi connectivity index (χ2v) is 6.54. The molecule has 0 radical (unpaired) electrons. The topological polar surface area (TPSA) is 90.7 Å². The van der Waals surface area contributed by atoms with Crippen molar-refractivity contribution in [2.45, 2.75) is 24.8 Å². The zero-order chi connectivity index (χ0) is 15.3. The summed E-state index contributed by atoms with van der Waals surface area (Å²) in [6.07, 6.45) is 0. The average molecular weight is 302 g/mol. The van der Waals surface area contributed by atoms with Crippen LogP contribution in [-0.4, -0.2) is 35.3 Å². The van der Waals surface area contributed by atoms with Crippen LogP contribution in [0.2, 0.25) is 0 Å². The number of sulfonamides is 1. The minimum absolute atomic E-state index is 0.111. The Bertz CT molecular complexity index is 543. The third-order valence-corrected chi connectivity index (χ3v) is 4.46. The Morgan fingerprint density at radius 2 is 1.95 bits per heavy atom. The summed E-state index contributed by atoms with van der Waals surface area (Å²) >= 11 is 0. The predicted molar refractivity (Wildman–Crippen MR) is 78.2 cm³/mol. The van der Waals surface area contributed by atoms with Gasteiger partial charge >= 0.3 is 0 Å². The second kappa shape index (κ2) is 6.92. The van der Waals surface area contributed by atoms with Crippen LogP contribution in [0.5, 0.6) is 5.75 Å². The molecular weight excluding hydrogens is 280 g/mol. The SMILES string of the molecule is COCC(NS(=O)(=O)c1ccc(N)c(OC)c1)C(C)C. The van der Waals surface area contributed by atoms with Gasteiger partial charge in [0.05, 0.1) is 24.3 Å². The molecular formula is C13H22N2O4S. The van der Waals surface area contributed by atoms with E-state index in [4.69, 9.17) is 15.2 Å². The molecule has 0 amide bonds. The maximum atomic E-state index is 12.3. The molecule has 0 aliphatic rings. The molecule has 6 nitrogen and oxygen atoms in total. The van der Waals surface area contributed by atoms with Crippen LogP contribution >= 0.6 is 0 Å². The predicted octanol–water partition coefficient (Wildman–Crippen LogP) is 1.23. The first-order chi connectivity index (χ1) is 9.31. The summed E-state index contributed by atoms with van der Waals surface area (Å²) in [7, 11) is -0.662. The summed E-state index contributed by atoms with van der Waals surface area (Å²) in [5, 5.41) is 0. The number of rotatable bonds is 7. The molecule has 0 saturated carbocycles. The summed E-state index contributed by atoms with van der Waals surface area (Å²) in [5.74, 6) is 0.445. The maximum absolute atomic E-state index is 12.3. The van der Waals surface area contributed by atoms with Crippen molar-refractivity contribution in [1.82, 2.24) is 4.72 Å². The minimum Gasteiger partial charge on any atom is -0.495 e. The standard InChI is InChI=1S/C13H22N2O4S/c1-9(2)12(8-18-3)15-20(16,17)10-5-6-11(14)13(7-10)19-4/h5-7,9,12,15H,8,14H2,1-4H3. The van der Waals surface area contributed by atoms with Crippen LogP contribution in [0.15, 0.2) is 23.1 Å².